The zero-order valence-electron chi connectivity index (χ0n) is 38.8. The fraction of sp³-hybridized carbons (Fsp3) is 0.345. The number of hydroxylamine groups is 2. The lowest BCUT2D eigenvalue weighted by atomic mass is 9.62. The molecule has 9 rings (SSSR count). The number of hydrogen-bond donors (Lipinski definition) is 4. The highest BCUT2D eigenvalue weighted by Gasteiger charge is 2.76. The average molecular weight is 936 g/mol. The van der Waals surface area contributed by atoms with Gasteiger partial charge in [0.05, 0.1) is 19.2 Å². The van der Waals surface area contributed by atoms with Gasteiger partial charge in [0, 0.05) is 36.1 Å². The molecule has 5 aromatic rings. The van der Waals surface area contributed by atoms with Gasteiger partial charge in [-0.05, 0) is 74.1 Å². The molecule has 3 saturated heterocycles. The van der Waals surface area contributed by atoms with Crippen LogP contribution < -0.4 is 10.6 Å². The Morgan fingerprint density at radius 2 is 1.54 bits per heavy atom. The van der Waals surface area contributed by atoms with E-state index in [-0.39, 0.29) is 50.3 Å². The second-order valence-electron chi connectivity index (χ2n) is 19.1. The number of benzene rings is 5. The first-order valence-corrected chi connectivity index (χ1v) is 23.4. The number of amides is 2. The molecule has 5 aromatic carbocycles. The lowest BCUT2D eigenvalue weighted by molar-refractivity contribution is -0.213. The van der Waals surface area contributed by atoms with E-state index in [0.29, 0.717) is 12.0 Å². The van der Waals surface area contributed by atoms with E-state index in [1.165, 1.54) is 0 Å². The Morgan fingerprint density at radius 3 is 2.25 bits per heavy atom. The summed E-state index contributed by atoms with van der Waals surface area (Å²) >= 11 is 0. The second-order valence-corrected chi connectivity index (χ2v) is 19.1. The molecule has 4 fully saturated rings. The molecule has 1 aliphatic carbocycles. The molecule has 14 nitrogen and oxygen atoms in total. The van der Waals surface area contributed by atoms with E-state index < -0.39 is 77.1 Å². The fourth-order valence-electron chi connectivity index (χ4n) is 10.0. The first-order valence-electron chi connectivity index (χ1n) is 23.4. The number of aromatic hydroxyl groups is 1. The molecule has 4 N–H and O–H groups in total. The maximum Gasteiger partial charge on any atom is 0.327 e. The summed E-state index contributed by atoms with van der Waals surface area (Å²) < 4.78 is 25.8. The highest BCUT2D eigenvalue weighted by atomic mass is 16.8. The Morgan fingerprint density at radius 1 is 0.855 bits per heavy atom. The van der Waals surface area contributed by atoms with Crippen LogP contribution in [0.1, 0.15) is 83.8 Å². The number of phenols is 1. The van der Waals surface area contributed by atoms with Gasteiger partial charge in [-0.3, -0.25) is 24.0 Å². The number of rotatable bonds is 16. The number of fused-ring (bicyclic) bond motifs is 4. The molecule has 2 amide bonds. The molecule has 3 aliphatic heterocycles. The Labute approximate surface area is 401 Å². The summed E-state index contributed by atoms with van der Waals surface area (Å²) in [4.78, 5) is 62.5. The molecule has 14 heteroatoms. The highest BCUT2D eigenvalue weighted by molar-refractivity contribution is 5.95. The number of aliphatic hydroxyl groups is 1. The van der Waals surface area contributed by atoms with Gasteiger partial charge in [-0.25, -0.2) is 0 Å². The maximum absolute atomic E-state index is 15.2. The lowest BCUT2D eigenvalue weighted by Crippen LogP contribution is -2.69. The molecule has 0 radical (unpaired) electrons. The van der Waals surface area contributed by atoms with Crippen LogP contribution in [0.5, 0.6) is 5.75 Å². The van der Waals surface area contributed by atoms with Crippen molar-refractivity contribution in [3.63, 3.8) is 0 Å². The molecule has 1 saturated carbocycles. The van der Waals surface area contributed by atoms with Gasteiger partial charge in [0.25, 0.3) is 5.91 Å². The highest BCUT2D eigenvalue weighted by Crippen LogP contribution is 2.59. The molecule has 0 aromatic heterocycles. The van der Waals surface area contributed by atoms with Crippen molar-refractivity contribution in [2.24, 2.45) is 5.41 Å². The zero-order valence-corrected chi connectivity index (χ0v) is 38.8. The molecule has 0 unspecified atom stereocenters. The van der Waals surface area contributed by atoms with Crippen molar-refractivity contribution in [1.29, 1.82) is 0 Å². The van der Waals surface area contributed by atoms with Crippen LogP contribution in [-0.4, -0.2) is 87.7 Å². The third-order valence-corrected chi connectivity index (χ3v) is 13.1. The number of para-hydroxylation sites is 1. The first kappa shape index (κ1) is 47.4. The number of aliphatic hydroxyl groups excluding tert-OH is 1. The van der Waals surface area contributed by atoms with Crippen molar-refractivity contribution in [2.75, 3.05) is 6.61 Å². The van der Waals surface area contributed by atoms with E-state index in [9.17, 15) is 24.6 Å². The first-order chi connectivity index (χ1) is 33.3. The normalized spacial score (nSPS) is 24.0. The van der Waals surface area contributed by atoms with Crippen molar-refractivity contribution >= 4 is 29.8 Å². The maximum atomic E-state index is 15.2. The summed E-state index contributed by atoms with van der Waals surface area (Å²) in [6.45, 7) is 5.06. The number of nitrogens with one attached hydrogen (secondary N) is 2. The molecular formula is C55H57N3O11. The van der Waals surface area contributed by atoms with Crippen LogP contribution >= 0.6 is 0 Å². The average Bonchev–Trinajstić information content (AvgIpc) is 3.93. The quantitative estimate of drug-likeness (QED) is 0.0774. The minimum Gasteiger partial charge on any atom is -0.508 e. The van der Waals surface area contributed by atoms with Crippen molar-refractivity contribution in [2.45, 2.75) is 107 Å². The van der Waals surface area contributed by atoms with Crippen LogP contribution in [0.2, 0.25) is 0 Å². The fourth-order valence-corrected chi connectivity index (χ4v) is 10.0. The molecule has 2 bridgehead atoms. The standard InChI is InChI=1S/C55H57N3O11/c1-53(2,3)66-45(61)28-27-42(34-59)57-50(62)39-21-14-17-36(30-39)32-56-52(64)54-31-44-46-47(68-55(67-46,40-22-6-4-7-23-40)41-24-8-5-9-25-41)49(54)69-58(48(54)51(63)65-44)33-37-18-12-15-35(29-37)16-13-20-38-19-10-11-26-43(38)60/h4-19,21-26,29-30,42,44,46-49,59-60H,20,27-28,31-34H2,1-3H3,(H,56,64)(H,57,62)/t42-,44+,46-,47-,48-,49+,54-/m0/s1. The molecule has 0 spiro atoms. The van der Waals surface area contributed by atoms with Crippen LogP contribution in [0, 0.1) is 5.41 Å². The molecule has 4 aliphatic rings. The van der Waals surface area contributed by atoms with E-state index in [1.54, 1.807) is 62.2 Å². The third-order valence-electron chi connectivity index (χ3n) is 13.1. The zero-order chi connectivity index (χ0) is 48.3. The largest absolute Gasteiger partial charge is 0.508 e. The van der Waals surface area contributed by atoms with Crippen molar-refractivity contribution < 1.29 is 53.2 Å². The van der Waals surface area contributed by atoms with Crippen LogP contribution in [0.15, 0.2) is 140 Å². The van der Waals surface area contributed by atoms with E-state index in [4.69, 9.17) is 23.8 Å². The number of nitrogens with zero attached hydrogens (tertiary/aromatic N) is 1. The number of esters is 2. The van der Waals surface area contributed by atoms with Crippen LogP contribution in [0.25, 0.3) is 6.08 Å². The summed E-state index contributed by atoms with van der Waals surface area (Å²) in [5.74, 6) is -3.15. The van der Waals surface area contributed by atoms with Gasteiger partial charge in [-0.1, -0.05) is 127 Å². The Balaban J connectivity index is 0.988. The Kier molecular flexibility index (Phi) is 13.6. The van der Waals surface area contributed by atoms with E-state index in [1.807, 2.05) is 109 Å². The minimum atomic E-state index is -1.50. The summed E-state index contributed by atoms with van der Waals surface area (Å²) in [6.07, 6.45) is 1.20. The third kappa shape index (κ3) is 9.81. The number of ether oxygens (including phenoxy) is 4. The summed E-state index contributed by atoms with van der Waals surface area (Å²) in [7, 11) is 0. The molecular weight excluding hydrogens is 879 g/mol. The topological polar surface area (TPSA) is 182 Å². The van der Waals surface area contributed by atoms with Crippen LogP contribution in [0.3, 0.4) is 0 Å². The predicted octanol–water partition coefficient (Wildman–Crippen LogP) is 6.66. The van der Waals surface area contributed by atoms with Gasteiger partial charge in [-0.15, -0.1) is 0 Å². The number of carbonyl (C=O) groups excluding carboxylic acids is 4. The lowest BCUT2D eigenvalue weighted by Gasteiger charge is -2.48. The van der Waals surface area contributed by atoms with Crippen LogP contribution in [-0.2, 0) is 63.5 Å². The molecule has 358 valence electrons. The van der Waals surface area contributed by atoms with Gasteiger partial charge in [0.1, 0.15) is 41.2 Å². The van der Waals surface area contributed by atoms with Gasteiger partial charge >= 0.3 is 11.9 Å². The van der Waals surface area contributed by atoms with E-state index in [2.05, 4.69) is 10.6 Å². The Hall–Kier alpha value is -6.68. The van der Waals surface area contributed by atoms with Crippen molar-refractivity contribution in [3.05, 3.63) is 178 Å². The molecule has 7 atom stereocenters. The smallest absolute Gasteiger partial charge is 0.327 e. The van der Waals surface area contributed by atoms with Gasteiger partial charge in [0.15, 0.2) is 6.04 Å². The minimum absolute atomic E-state index is 0.00147. The summed E-state index contributed by atoms with van der Waals surface area (Å²) in [6, 6.07) is 38.9. The van der Waals surface area contributed by atoms with Crippen LogP contribution in [0.4, 0.5) is 0 Å². The SMILES string of the molecule is CC(C)(C)OC(=O)CC[C@@H](CO)NC(=O)c1cccc(CNC(=O)[C@@]23C[C@H]4OC(=O)[C@@H]2N(Cc2cccc(C=CCc5ccccc5O)c2)O[C@@H]3[C@H]2OC(c3ccccc3)(c3ccccc3)O[C@H]24)c1. The van der Waals surface area contributed by atoms with Gasteiger partial charge < -0.3 is 39.8 Å². The van der Waals surface area contributed by atoms with Gasteiger partial charge in [-0.2, -0.15) is 5.06 Å². The number of allylic oxidation sites excluding steroid dienone is 1. The molecule has 69 heavy (non-hydrogen) atoms. The van der Waals surface area contributed by atoms with Crippen molar-refractivity contribution in [1.82, 2.24) is 15.7 Å². The Bertz CT molecular complexity index is 2670. The van der Waals surface area contributed by atoms with E-state index in [0.717, 1.165) is 27.8 Å². The predicted molar refractivity (Wildman–Crippen MR) is 254 cm³/mol. The summed E-state index contributed by atoms with van der Waals surface area (Å²) in [5.41, 5.74) is 2.69. The summed E-state index contributed by atoms with van der Waals surface area (Å²) in [5, 5.41) is 27.8. The molecule has 3 heterocycles. The van der Waals surface area contributed by atoms with Crippen molar-refractivity contribution in [3.8, 4) is 5.75 Å². The number of phenolic OH excluding ortho intramolecular Hbond substituents is 1. The van der Waals surface area contributed by atoms with E-state index >= 15 is 4.79 Å². The monoisotopic (exact) mass is 935 g/mol. The number of hydrogen-bond acceptors (Lipinski definition) is 12. The van der Waals surface area contributed by atoms with Gasteiger partial charge in [0.2, 0.25) is 11.7 Å². The second kappa shape index (κ2) is 19.7. The number of carbonyl (C=O) groups is 4.